The second-order valence-corrected chi connectivity index (χ2v) is 8.10. The average molecular weight is 441 g/mol. The summed E-state index contributed by atoms with van der Waals surface area (Å²) in [6.45, 7) is 10.4. The van der Waals surface area contributed by atoms with Gasteiger partial charge < -0.3 is 25.2 Å². The topological polar surface area (TPSA) is 78.4 Å². The summed E-state index contributed by atoms with van der Waals surface area (Å²) in [6, 6.07) is 17.7. The van der Waals surface area contributed by atoms with Gasteiger partial charge in [0.1, 0.15) is 18.0 Å². The van der Waals surface area contributed by atoms with Crippen LogP contribution in [0.1, 0.15) is 25.0 Å². The van der Waals surface area contributed by atoms with E-state index in [0.29, 0.717) is 25.7 Å². The molecule has 1 unspecified atom stereocenters. The minimum atomic E-state index is -1.00. The minimum Gasteiger partial charge on any atom is -0.492 e. The Kier molecular flexibility index (Phi) is 9.34. The van der Waals surface area contributed by atoms with Crippen molar-refractivity contribution >= 4 is 5.96 Å². The number of nitrogens with one attached hydrogen (secondary N) is 2. The van der Waals surface area contributed by atoms with E-state index >= 15 is 0 Å². The number of hydrogen-bond acceptors (Lipinski definition) is 5. The molecule has 0 aliphatic carbocycles. The fourth-order valence-electron chi connectivity index (χ4n) is 3.55. The highest BCUT2D eigenvalue weighted by Crippen LogP contribution is 2.20. The maximum absolute atomic E-state index is 10.9. The van der Waals surface area contributed by atoms with Gasteiger partial charge >= 0.3 is 0 Å². The standard InChI is InChI=1S/C25H36N4O3/c1-3-26-24(28-20-25(2,30)22-10-5-4-6-11-22)27-19-21-9-7-8-12-23(21)32-18-15-29-13-16-31-17-14-29/h4-12,30H,3,13-20H2,1-2H3,(H2,26,27,28). The molecule has 2 aromatic carbocycles. The lowest BCUT2D eigenvalue weighted by Gasteiger charge is -2.26. The molecule has 0 bridgehead atoms. The molecule has 1 aliphatic rings. The SMILES string of the molecule is CCNC(=NCc1ccccc1OCCN1CCOCC1)NCC(C)(O)c1ccccc1. The highest BCUT2D eigenvalue weighted by Gasteiger charge is 2.23. The molecule has 0 aromatic heterocycles. The first-order valence-corrected chi connectivity index (χ1v) is 11.4. The van der Waals surface area contributed by atoms with Crippen molar-refractivity contribution < 1.29 is 14.6 Å². The third-order valence-corrected chi connectivity index (χ3v) is 5.49. The number of aliphatic imine (C=N–C) groups is 1. The van der Waals surface area contributed by atoms with Crippen molar-refractivity contribution in [2.75, 3.05) is 52.5 Å². The summed E-state index contributed by atoms with van der Waals surface area (Å²) in [7, 11) is 0. The van der Waals surface area contributed by atoms with Crippen LogP contribution in [0.25, 0.3) is 0 Å². The van der Waals surface area contributed by atoms with Crippen LogP contribution < -0.4 is 15.4 Å². The number of hydrogen-bond donors (Lipinski definition) is 3. The fraction of sp³-hybridized carbons (Fsp3) is 0.480. The van der Waals surface area contributed by atoms with E-state index in [1.54, 1.807) is 6.92 Å². The molecular weight excluding hydrogens is 404 g/mol. The molecule has 1 heterocycles. The van der Waals surface area contributed by atoms with Crippen LogP contribution in [-0.2, 0) is 16.9 Å². The Hall–Kier alpha value is -2.61. The Morgan fingerprint density at radius 1 is 1.09 bits per heavy atom. The summed E-state index contributed by atoms with van der Waals surface area (Å²) in [5, 5.41) is 17.4. The molecular formula is C25H36N4O3. The zero-order valence-corrected chi connectivity index (χ0v) is 19.2. The summed E-state index contributed by atoms with van der Waals surface area (Å²) in [5.41, 5.74) is 0.890. The molecule has 1 atom stereocenters. The Bertz CT molecular complexity index is 836. The maximum Gasteiger partial charge on any atom is 0.191 e. The number of guanidine groups is 1. The molecule has 2 aromatic rings. The Labute approximate surface area is 191 Å². The minimum absolute atomic E-state index is 0.348. The Balaban J connectivity index is 1.57. The van der Waals surface area contributed by atoms with Gasteiger partial charge in [0.2, 0.25) is 0 Å². The first kappa shape index (κ1) is 24.0. The van der Waals surface area contributed by atoms with E-state index in [1.165, 1.54) is 0 Å². The fourth-order valence-corrected chi connectivity index (χ4v) is 3.55. The van der Waals surface area contributed by atoms with E-state index in [1.807, 2.05) is 61.5 Å². The number of para-hydroxylation sites is 1. The van der Waals surface area contributed by atoms with E-state index in [0.717, 1.165) is 56.3 Å². The number of benzene rings is 2. The Morgan fingerprint density at radius 2 is 1.81 bits per heavy atom. The van der Waals surface area contributed by atoms with Crippen LogP contribution in [-0.4, -0.2) is 68.5 Å². The molecule has 1 aliphatic heterocycles. The summed E-state index contributed by atoms with van der Waals surface area (Å²) in [4.78, 5) is 7.07. The van der Waals surface area contributed by atoms with Gasteiger partial charge in [-0.2, -0.15) is 0 Å². The molecule has 3 N–H and O–H groups in total. The molecule has 0 saturated carbocycles. The van der Waals surface area contributed by atoms with Crippen molar-refractivity contribution in [2.24, 2.45) is 4.99 Å². The van der Waals surface area contributed by atoms with Gasteiger partial charge in [-0.25, -0.2) is 4.99 Å². The highest BCUT2D eigenvalue weighted by atomic mass is 16.5. The summed E-state index contributed by atoms with van der Waals surface area (Å²) >= 11 is 0. The summed E-state index contributed by atoms with van der Waals surface area (Å²) in [5.74, 6) is 1.52. The first-order chi connectivity index (χ1) is 15.6. The van der Waals surface area contributed by atoms with Crippen molar-refractivity contribution in [2.45, 2.75) is 26.0 Å². The lowest BCUT2D eigenvalue weighted by molar-refractivity contribution is 0.0322. The molecule has 174 valence electrons. The lowest BCUT2D eigenvalue weighted by atomic mass is 9.96. The summed E-state index contributed by atoms with van der Waals surface area (Å²) < 4.78 is 11.5. The second-order valence-electron chi connectivity index (χ2n) is 8.10. The van der Waals surface area contributed by atoms with Gasteiger partial charge in [0.05, 0.1) is 26.3 Å². The van der Waals surface area contributed by atoms with Gasteiger partial charge in [-0.1, -0.05) is 48.5 Å². The Morgan fingerprint density at radius 3 is 2.56 bits per heavy atom. The monoisotopic (exact) mass is 440 g/mol. The largest absolute Gasteiger partial charge is 0.492 e. The third-order valence-electron chi connectivity index (χ3n) is 5.49. The van der Waals surface area contributed by atoms with Gasteiger partial charge in [-0.15, -0.1) is 0 Å². The molecule has 0 radical (unpaired) electrons. The predicted molar refractivity (Wildman–Crippen MR) is 128 cm³/mol. The van der Waals surface area contributed by atoms with Crippen LogP contribution in [0.15, 0.2) is 59.6 Å². The van der Waals surface area contributed by atoms with Crippen LogP contribution in [0, 0.1) is 0 Å². The quantitative estimate of drug-likeness (QED) is 0.389. The number of rotatable bonds is 10. The van der Waals surface area contributed by atoms with Crippen LogP contribution in [0.3, 0.4) is 0 Å². The van der Waals surface area contributed by atoms with E-state index < -0.39 is 5.60 Å². The average Bonchev–Trinajstić information content (AvgIpc) is 2.83. The van der Waals surface area contributed by atoms with Crippen molar-refractivity contribution in [3.05, 3.63) is 65.7 Å². The van der Waals surface area contributed by atoms with Crippen molar-refractivity contribution in [1.82, 2.24) is 15.5 Å². The van der Waals surface area contributed by atoms with E-state index in [9.17, 15) is 5.11 Å². The maximum atomic E-state index is 10.9. The van der Waals surface area contributed by atoms with Gasteiger partial charge in [0.25, 0.3) is 0 Å². The highest BCUT2D eigenvalue weighted by molar-refractivity contribution is 5.79. The molecule has 32 heavy (non-hydrogen) atoms. The van der Waals surface area contributed by atoms with Crippen molar-refractivity contribution in [3.8, 4) is 5.75 Å². The van der Waals surface area contributed by atoms with Gasteiger partial charge in [0.15, 0.2) is 5.96 Å². The van der Waals surface area contributed by atoms with Crippen molar-refractivity contribution in [1.29, 1.82) is 0 Å². The molecule has 7 heteroatoms. The molecule has 3 rings (SSSR count). The summed E-state index contributed by atoms with van der Waals surface area (Å²) in [6.07, 6.45) is 0. The van der Waals surface area contributed by atoms with E-state index in [-0.39, 0.29) is 0 Å². The second kappa shape index (κ2) is 12.4. The number of aliphatic hydroxyl groups is 1. The van der Waals surface area contributed by atoms with Gasteiger partial charge in [0, 0.05) is 31.7 Å². The van der Waals surface area contributed by atoms with Crippen LogP contribution in [0.4, 0.5) is 0 Å². The van der Waals surface area contributed by atoms with E-state index in [2.05, 4.69) is 15.5 Å². The van der Waals surface area contributed by atoms with Crippen molar-refractivity contribution in [3.63, 3.8) is 0 Å². The zero-order chi connectivity index (χ0) is 22.7. The smallest absolute Gasteiger partial charge is 0.191 e. The molecule has 7 nitrogen and oxygen atoms in total. The van der Waals surface area contributed by atoms with Crippen LogP contribution >= 0.6 is 0 Å². The number of nitrogens with zero attached hydrogens (tertiary/aromatic N) is 2. The molecule has 0 spiro atoms. The molecule has 1 saturated heterocycles. The van der Waals surface area contributed by atoms with E-state index in [4.69, 9.17) is 14.5 Å². The number of morpholine rings is 1. The zero-order valence-electron chi connectivity index (χ0n) is 19.2. The first-order valence-electron chi connectivity index (χ1n) is 11.4. The normalized spacial score (nSPS) is 16.9. The van der Waals surface area contributed by atoms with Gasteiger partial charge in [-0.3, -0.25) is 4.90 Å². The lowest BCUT2D eigenvalue weighted by Crippen LogP contribution is -2.44. The molecule has 0 amide bonds. The molecule has 1 fully saturated rings. The van der Waals surface area contributed by atoms with Crippen LogP contribution in [0.2, 0.25) is 0 Å². The van der Waals surface area contributed by atoms with Crippen LogP contribution in [0.5, 0.6) is 5.75 Å². The number of ether oxygens (including phenoxy) is 2. The van der Waals surface area contributed by atoms with Gasteiger partial charge in [-0.05, 0) is 25.5 Å². The predicted octanol–water partition coefficient (Wildman–Crippen LogP) is 2.36. The third kappa shape index (κ3) is 7.51.